The van der Waals surface area contributed by atoms with Crippen LogP contribution < -0.4 is 9.47 Å². The lowest BCUT2D eigenvalue weighted by Crippen LogP contribution is -2.49. The van der Waals surface area contributed by atoms with Crippen LogP contribution in [0.4, 0.5) is 0 Å². The third-order valence-corrected chi connectivity index (χ3v) is 6.61. The first kappa shape index (κ1) is 23.3. The van der Waals surface area contributed by atoms with Gasteiger partial charge in [-0.05, 0) is 49.7 Å². The number of carboxylic acid groups (broad SMARTS) is 1. The van der Waals surface area contributed by atoms with E-state index in [-0.39, 0.29) is 16.2 Å². The minimum absolute atomic E-state index is 0.223. The first-order valence-electron chi connectivity index (χ1n) is 9.45. The van der Waals surface area contributed by atoms with Gasteiger partial charge in [0.15, 0.2) is 0 Å². The average Bonchev–Trinajstić information content (AvgIpc) is 2.75. The highest BCUT2D eigenvalue weighted by Gasteiger charge is 2.42. The fourth-order valence-corrected chi connectivity index (χ4v) is 4.18. The van der Waals surface area contributed by atoms with Gasteiger partial charge >= 0.3 is 5.97 Å². The van der Waals surface area contributed by atoms with Gasteiger partial charge in [-0.25, -0.2) is 9.78 Å². The van der Waals surface area contributed by atoms with Crippen LogP contribution in [0.2, 0.25) is 10.0 Å². The lowest BCUT2D eigenvalue weighted by molar-refractivity contribution is -0.153. The molecule has 0 bridgehead atoms. The third kappa shape index (κ3) is 6.06. The summed E-state index contributed by atoms with van der Waals surface area (Å²) in [6.07, 6.45) is 1.44. The molecule has 31 heavy (non-hydrogen) atoms. The van der Waals surface area contributed by atoms with Gasteiger partial charge in [-0.3, -0.25) is 0 Å². The van der Waals surface area contributed by atoms with Crippen molar-refractivity contribution in [2.24, 2.45) is 0 Å². The first-order chi connectivity index (χ1) is 14.8. The molecular weight excluding hydrogens is 457 g/mol. The molecule has 162 valence electrons. The minimum Gasteiger partial charge on any atom is -0.478 e. The number of aromatic nitrogens is 1. The Kier molecular flexibility index (Phi) is 7.70. The normalized spacial score (nSPS) is 13.8. The molecule has 0 aliphatic heterocycles. The van der Waals surface area contributed by atoms with Crippen LogP contribution in [0.5, 0.6) is 17.4 Å². The SMILES string of the molecule is CC(SCc1ccccc1)C(C)(Oc1ccc(Oc2ncc(Cl)cc2Cl)cc1)C(=O)O. The number of aliphatic carboxylic acids is 1. The van der Waals surface area contributed by atoms with Gasteiger partial charge in [0.1, 0.15) is 16.5 Å². The van der Waals surface area contributed by atoms with Gasteiger partial charge < -0.3 is 14.6 Å². The predicted molar refractivity (Wildman–Crippen MR) is 125 cm³/mol. The van der Waals surface area contributed by atoms with Crippen molar-refractivity contribution in [3.63, 3.8) is 0 Å². The topological polar surface area (TPSA) is 68.7 Å². The molecule has 0 fully saturated rings. The summed E-state index contributed by atoms with van der Waals surface area (Å²) in [5.74, 6) is 0.779. The molecule has 0 radical (unpaired) electrons. The maximum atomic E-state index is 12.1. The molecule has 0 saturated carbocycles. The van der Waals surface area contributed by atoms with Gasteiger partial charge in [-0.2, -0.15) is 0 Å². The average molecular weight is 478 g/mol. The summed E-state index contributed by atoms with van der Waals surface area (Å²) >= 11 is 13.4. The summed E-state index contributed by atoms with van der Waals surface area (Å²) in [6, 6.07) is 18.1. The van der Waals surface area contributed by atoms with Gasteiger partial charge in [0.2, 0.25) is 11.5 Å². The zero-order valence-corrected chi connectivity index (χ0v) is 19.2. The number of carboxylic acids is 1. The highest BCUT2D eigenvalue weighted by atomic mass is 35.5. The summed E-state index contributed by atoms with van der Waals surface area (Å²) < 4.78 is 11.6. The minimum atomic E-state index is -1.41. The number of benzene rings is 2. The number of carbonyl (C=O) groups is 1. The molecule has 0 spiro atoms. The second-order valence-electron chi connectivity index (χ2n) is 6.97. The summed E-state index contributed by atoms with van der Waals surface area (Å²) in [7, 11) is 0. The van der Waals surface area contributed by atoms with Gasteiger partial charge in [-0.15, -0.1) is 11.8 Å². The molecule has 0 amide bonds. The molecule has 1 heterocycles. The van der Waals surface area contributed by atoms with Crippen molar-refractivity contribution >= 4 is 40.9 Å². The van der Waals surface area contributed by atoms with Gasteiger partial charge in [0.25, 0.3) is 0 Å². The van der Waals surface area contributed by atoms with E-state index in [9.17, 15) is 9.90 Å². The Morgan fingerprint density at radius 1 is 1.13 bits per heavy atom. The second kappa shape index (κ2) is 10.3. The molecule has 1 aromatic heterocycles. The number of ether oxygens (including phenoxy) is 2. The standard InChI is InChI=1S/C23H21Cl2NO4S/c1-15(31-14-16-6-4-3-5-7-16)23(2,22(27)28)30-19-10-8-18(9-11-19)29-21-20(25)12-17(24)13-26-21/h3-13,15H,14H2,1-2H3,(H,27,28). The van der Waals surface area contributed by atoms with Crippen LogP contribution >= 0.6 is 35.0 Å². The molecule has 2 aromatic carbocycles. The molecule has 2 unspecified atom stereocenters. The maximum absolute atomic E-state index is 12.1. The highest BCUT2D eigenvalue weighted by molar-refractivity contribution is 7.99. The Balaban J connectivity index is 1.68. The number of hydrogen-bond acceptors (Lipinski definition) is 5. The van der Waals surface area contributed by atoms with E-state index in [1.54, 1.807) is 31.2 Å². The Morgan fingerprint density at radius 2 is 1.77 bits per heavy atom. The number of pyridine rings is 1. The lowest BCUT2D eigenvalue weighted by atomic mass is 10.0. The molecular formula is C23H21Cl2NO4S. The summed E-state index contributed by atoms with van der Waals surface area (Å²) in [5.41, 5.74) is -0.286. The number of nitrogens with zero attached hydrogens (tertiary/aromatic N) is 1. The molecule has 2 atom stereocenters. The van der Waals surface area contributed by atoms with E-state index in [1.165, 1.54) is 24.0 Å². The molecule has 8 heteroatoms. The molecule has 1 N–H and O–H groups in total. The van der Waals surface area contributed by atoms with Crippen molar-refractivity contribution in [2.45, 2.75) is 30.5 Å². The Morgan fingerprint density at radius 3 is 2.39 bits per heavy atom. The summed E-state index contributed by atoms with van der Waals surface area (Å²) in [6.45, 7) is 3.44. The lowest BCUT2D eigenvalue weighted by Gasteiger charge is -2.32. The predicted octanol–water partition coefficient (Wildman–Crippen LogP) is 6.72. The van der Waals surface area contributed by atoms with Crippen molar-refractivity contribution < 1.29 is 19.4 Å². The molecule has 3 rings (SSSR count). The van der Waals surface area contributed by atoms with E-state index in [4.69, 9.17) is 32.7 Å². The van der Waals surface area contributed by atoms with Crippen LogP contribution in [0.15, 0.2) is 66.9 Å². The number of rotatable bonds is 9. The Bertz CT molecular complexity index is 1030. The van der Waals surface area contributed by atoms with Crippen molar-refractivity contribution in [2.75, 3.05) is 0 Å². The van der Waals surface area contributed by atoms with Crippen LogP contribution in [0.1, 0.15) is 19.4 Å². The Labute approximate surface area is 195 Å². The van der Waals surface area contributed by atoms with Crippen LogP contribution in [-0.4, -0.2) is 26.9 Å². The van der Waals surface area contributed by atoms with E-state index < -0.39 is 11.6 Å². The molecule has 5 nitrogen and oxygen atoms in total. The fraction of sp³-hybridized carbons (Fsp3) is 0.217. The van der Waals surface area contributed by atoms with Gasteiger partial charge in [0.05, 0.1) is 10.3 Å². The highest BCUT2D eigenvalue weighted by Crippen LogP contribution is 2.33. The quantitative estimate of drug-likeness (QED) is 0.368. The zero-order valence-electron chi connectivity index (χ0n) is 16.9. The van der Waals surface area contributed by atoms with Crippen LogP contribution in [-0.2, 0) is 10.5 Å². The number of halogens is 2. The summed E-state index contributed by atoms with van der Waals surface area (Å²) in [5, 5.41) is 10.3. The van der Waals surface area contributed by atoms with E-state index in [1.807, 2.05) is 37.3 Å². The fourth-order valence-electron chi connectivity index (χ4n) is 2.66. The van der Waals surface area contributed by atoms with Crippen molar-refractivity contribution in [1.82, 2.24) is 4.98 Å². The molecule has 0 aliphatic carbocycles. The van der Waals surface area contributed by atoms with Crippen molar-refractivity contribution in [3.8, 4) is 17.4 Å². The van der Waals surface area contributed by atoms with E-state index in [2.05, 4.69) is 4.98 Å². The van der Waals surface area contributed by atoms with Gasteiger partial charge in [-0.1, -0.05) is 53.5 Å². The van der Waals surface area contributed by atoms with E-state index in [0.717, 1.165) is 5.56 Å². The molecule has 0 aliphatic rings. The van der Waals surface area contributed by atoms with Crippen LogP contribution in [0.3, 0.4) is 0 Å². The van der Waals surface area contributed by atoms with Crippen molar-refractivity contribution in [1.29, 1.82) is 0 Å². The maximum Gasteiger partial charge on any atom is 0.348 e. The van der Waals surface area contributed by atoms with Crippen LogP contribution in [0, 0.1) is 0 Å². The zero-order chi connectivity index (χ0) is 22.4. The molecule has 0 saturated heterocycles. The largest absolute Gasteiger partial charge is 0.478 e. The first-order valence-corrected chi connectivity index (χ1v) is 11.3. The second-order valence-corrected chi connectivity index (χ2v) is 9.14. The van der Waals surface area contributed by atoms with E-state index in [0.29, 0.717) is 22.3 Å². The number of thioether (sulfide) groups is 1. The van der Waals surface area contributed by atoms with Crippen molar-refractivity contribution in [3.05, 3.63) is 82.5 Å². The van der Waals surface area contributed by atoms with E-state index >= 15 is 0 Å². The third-order valence-electron chi connectivity index (χ3n) is 4.69. The smallest absolute Gasteiger partial charge is 0.348 e. The Hall–Kier alpha value is -2.41. The summed E-state index contributed by atoms with van der Waals surface area (Å²) in [4.78, 5) is 16.1. The van der Waals surface area contributed by atoms with Gasteiger partial charge in [0, 0.05) is 11.9 Å². The number of hydrogen-bond donors (Lipinski definition) is 1. The monoisotopic (exact) mass is 477 g/mol. The molecule has 3 aromatic rings. The van der Waals surface area contributed by atoms with Crippen LogP contribution in [0.25, 0.3) is 0 Å².